The van der Waals surface area contributed by atoms with Crippen molar-refractivity contribution in [2.24, 2.45) is 0 Å². The van der Waals surface area contributed by atoms with Gasteiger partial charge in [0.2, 0.25) is 5.91 Å². The molecule has 1 atom stereocenters. The smallest absolute Gasteiger partial charge is 0.261 e. The Balaban J connectivity index is 1.51. The number of amides is 3. The summed E-state index contributed by atoms with van der Waals surface area (Å²) in [6, 6.07) is 14.4. The van der Waals surface area contributed by atoms with Crippen molar-refractivity contribution in [2.45, 2.75) is 25.8 Å². The van der Waals surface area contributed by atoms with Gasteiger partial charge in [-0.05, 0) is 37.1 Å². The number of nitrogens with zero attached hydrogens (tertiary/aromatic N) is 1. The van der Waals surface area contributed by atoms with Crippen LogP contribution in [0, 0.1) is 0 Å². The summed E-state index contributed by atoms with van der Waals surface area (Å²) in [6.07, 6.45) is 0.683. The number of benzene rings is 2. The molecule has 0 bridgehead atoms. The van der Waals surface area contributed by atoms with Crippen LogP contribution < -0.4 is 5.32 Å². The van der Waals surface area contributed by atoms with E-state index < -0.39 is 0 Å². The molecule has 1 N–H and O–H groups in total. The lowest BCUT2D eigenvalue weighted by molar-refractivity contribution is -0.121. The van der Waals surface area contributed by atoms with Gasteiger partial charge in [0.25, 0.3) is 11.8 Å². The van der Waals surface area contributed by atoms with Crippen LogP contribution in [0.1, 0.15) is 52.1 Å². The zero-order valence-electron chi connectivity index (χ0n) is 14.4. The molecule has 0 aromatic heterocycles. The molecule has 0 saturated carbocycles. The Hall–Kier alpha value is -2.47. The number of fused-ring (bicyclic) bond motifs is 1. The molecule has 134 valence electrons. The topological polar surface area (TPSA) is 66.5 Å². The molecule has 26 heavy (non-hydrogen) atoms. The van der Waals surface area contributed by atoms with Crippen molar-refractivity contribution in [3.63, 3.8) is 0 Å². The van der Waals surface area contributed by atoms with Gasteiger partial charge in [0.05, 0.1) is 17.2 Å². The van der Waals surface area contributed by atoms with E-state index in [9.17, 15) is 14.4 Å². The van der Waals surface area contributed by atoms with Crippen LogP contribution in [0.25, 0.3) is 0 Å². The Morgan fingerprint density at radius 1 is 1.04 bits per heavy atom. The van der Waals surface area contributed by atoms with E-state index >= 15 is 0 Å². The molecule has 0 fully saturated rings. The monoisotopic (exact) mass is 414 g/mol. The second-order valence-electron chi connectivity index (χ2n) is 6.22. The van der Waals surface area contributed by atoms with Crippen LogP contribution in [0.5, 0.6) is 0 Å². The SMILES string of the molecule is C[C@H](NC(=O)CCCN1C(=O)c2ccccc2C1=O)c1ccccc1Br. The number of hydrogen-bond acceptors (Lipinski definition) is 3. The van der Waals surface area contributed by atoms with Gasteiger partial charge in [-0.1, -0.05) is 46.3 Å². The van der Waals surface area contributed by atoms with Gasteiger partial charge >= 0.3 is 0 Å². The lowest BCUT2D eigenvalue weighted by Crippen LogP contribution is -2.32. The molecule has 0 radical (unpaired) electrons. The minimum atomic E-state index is -0.285. The summed E-state index contributed by atoms with van der Waals surface area (Å²) in [5, 5.41) is 2.94. The van der Waals surface area contributed by atoms with Gasteiger partial charge in [0.15, 0.2) is 0 Å². The van der Waals surface area contributed by atoms with Gasteiger partial charge in [-0.2, -0.15) is 0 Å². The molecule has 3 amide bonds. The highest BCUT2D eigenvalue weighted by molar-refractivity contribution is 9.10. The predicted octanol–water partition coefficient (Wildman–Crippen LogP) is 3.70. The third-order valence-corrected chi connectivity index (χ3v) is 5.14. The van der Waals surface area contributed by atoms with Gasteiger partial charge in [0.1, 0.15) is 0 Å². The van der Waals surface area contributed by atoms with Gasteiger partial charge in [-0.25, -0.2) is 0 Å². The van der Waals surface area contributed by atoms with E-state index in [1.165, 1.54) is 4.90 Å². The minimum absolute atomic E-state index is 0.107. The van der Waals surface area contributed by atoms with Crippen molar-refractivity contribution in [1.82, 2.24) is 10.2 Å². The minimum Gasteiger partial charge on any atom is -0.350 e. The van der Waals surface area contributed by atoms with Crippen molar-refractivity contribution >= 4 is 33.7 Å². The first kappa shape index (κ1) is 18.3. The maximum Gasteiger partial charge on any atom is 0.261 e. The van der Waals surface area contributed by atoms with Crippen LogP contribution in [0.2, 0.25) is 0 Å². The summed E-state index contributed by atoms with van der Waals surface area (Å²) in [5.74, 6) is -0.676. The third kappa shape index (κ3) is 3.70. The summed E-state index contributed by atoms with van der Waals surface area (Å²) in [7, 11) is 0. The third-order valence-electron chi connectivity index (χ3n) is 4.41. The van der Waals surface area contributed by atoms with Gasteiger partial charge in [-0.3, -0.25) is 19.3 Å². The number of halogens is 1. The molecule has 1 heterocycles. The van der Waals surface area contributed by atoms with E-state index in [4.69, 9.17) is 0 Å². The summed E-state index contributed by atoms with van der Waals surface area (Å²) in [4.78, 5) is 38.0. The highest BCUT2D eigenvalue weighted by atomic mass is 79.9. The second kappa shape index (κ2) is 7.83. The fourth-order valence-corrected chi connectivity index (χ4v) is 3.69. The van der Waals surface area contributed by atoms with E-state index in [2.05, 4.69) is 21.2 Å². The quantitative estimate of drug-likeness (QED) is 0.732. The summed E-state index contributed by atoms with van der Waals surface area (Å²) < 4.78 is 0.943. The normalized spacial score (nSPS) is 14.3. The number of hydrogen-bond donors (Lipinski definition) is 1. The number of nitrogens with one attached hydrogen (secondary N) is 1. The van der Waals surface area contributed by atoms with Crippen LogP contribution in [-0.4, -0.2) is 29.2 Å². The predicted molar refractivity (Wildman–Crippen MR) is 102 cm³/mol. The highest BCUT2D eigenvalue weighted by Gasteiger charge is 2.34. The fourth-order valence-electron chi connectivity index (χ4n) is 3.06. The number of imide groups is 1. The van der Waals surface area contributed by atoms with Gasteiger partial charge < -0.3 is 5.32 Å². The Bertz CT molecular complexity index is 831. The van der Waals surface area contributed by atoms with Crippen molar-refractivity contribution in [3.8, 4) is 0 Å². The van der Waals surface area contributed by atoms with E-state index in [1.807, 2.05) is 31.2 Å². The maximum absolute atomic E-state index is 12.3. The Morgan fingerprint density at radius 2 is 1.62 bits per heavy atom. The summed E-state index contributed by atoms with van der Waals surface area (Å²) in [5.41, 5.74) is 1.87. The van der Waals surface area contributed by atoms with E-state index in [0.29, 0.717) is 17.5 Å². The molecule has 2 aromatic rings. The van der Waals surface area contributed by atoms with Crippen molar-refractivity contribution < 1.29 is 14.4 Å². The van der Waals surface area contributed by atoms with Crippen LogP contribution >= 0.6 is 15.9 Å². The standard InChI is InChI=1S/C20H19BrN2O3/c1-13(14-7-4-5-10-17(14)21)22-18(24)11-6-12-23-19(25)15-8-2-3-9-16(15)20(23)26/h2-5,7-10,13H,6,11-12H2,1H3,(H,22,24)/t13-/m0/s1. The molecule has 6 heteroatoms. The average Bonchev–Trinajstić information content (AvgIpc) is 2.87. The average molecular weight is 415 g/mol. The molecule has 0 saturated heterocycles. The molecule has 5 nitrogen and oxygen atoms in total. The molecule has 1 aliphatic heterocycles. The first-order valence-electron chi connectivity index (χ1n) is 8.48. The van der Waals surface area contributed by atoms with Crippen molar-refractivity contribution in [3.05, 3.63) is 69.7 Å². The lowest BCUT2D eigenvalue weighted by atomic mass is 10.1. The number of carbonyl (C=O) groups is 3. The highest BCUT2D eigenvalue weighted by Crippen LogP contribution is 2.24. The van der Waals surface area contributed by atoms with Gasteiger partial charge in [0, 0.05) is 17.4 Å². The zero-order chi connectivity index (χ0) is 18.7. The molecule has 0 unspecified atom stereocenters. The first-order chi connectivity index (χ1) is 12.5. The molecule has 0 aliphatic carbocycles. The number of carbonyl (C=O) groups excluding carboxylic acids is 3. The summed E-state index contributed by atoms with van der Waals surface area (Å²) in [6.45, 7) is 2.16. The Labute approximate surface area is 160 Å². The molecule has 0 spiro atoms. The molecule has 2 aromatic carbocycles. The molecular formula is C20H19BrN2O3. The van der Waals surface area contributed by atoms with E-state index in [0.717, 1.165) is 10.0 Å². The summed E-state index contributed by atoms with van der Waals surface area (Å²) >= 11 is 3.48. The van der Waals surface area contributed by atoms with E-state index in [1.54, 1.807) is 24.3 Å². The van der Waals surface area contributed by atoms with Crippen LogP contribution in [0.15, 0.2) is 53.0 Å². The first-order valence-corrected chi connectivity index (χ1v) is 9.27. The van der Waals surface area contributed by atoms with Crippen LogP contribution in [0.4, 0.5) is 0 Å². The molecule has 1 aliphatic rings. The van der Waals surface area contributed by atoms with Gasteiger partial charge in [-0.15, -0.1) is 0 Å². The zero-order valence-corrected chi connectivity index (χ0v) is 16.0. The second-order valence-corrected chi connectivity index (χ2v) is 7.08. The Morgan fingerprint density at radius 3 is 2.23 bits per heavy atom. The van der Waals surface area contributed by atoms with Crippen molar-refractivity contribution in [1.29, 1.82) is 0 Å². The van der Waals surface area contributed by atoms with Crippen LogP contribution in [-0.2, 0) is 4.79 Å². The fraction of sp³-hybridized carbons (Fsp3) is 0.250. The Kier molecular flexibility index (Phi) is 5.52. The largest absolute Gasteiger partial charge is 0.350 e. The molecular weight excluding hydrogens is 396 g/mol. The molecule has 3 rings (SSSR count). The number of rotatable bonds is 6. The van der Waals surface area contributed by atoms with Crippen molar-refractivity contribution in [2.75, 3.05) is 6.54 Å². The maximum atomic E-state index is 12.3. The lowest BCUT2D eigenvalue weighted by Gasteiger charge is -2.17. The van der Waals surface area contributed by atoms with Crippen LogP contribution in [0.3, 0.4) is 0 Å². The van der Waals surface area contributed by atoms with E-state index in [-0.39, 0.29) is 36.7 Å².